The first kappa shape index (κ1) is 19.4. The molecule has 0 bridgehead atoms. The third kappa shape index (κ3) is 4.56. The lowest BCUT2D eigenvalue weighted by atomic mass is 9.98. The molecule has 25 heavy (non-hydrogen) atoms. The van der Waals surface area contributed by atoms with Crippen LogP contribution >= 0.6 is 23.7 Å². The second kappa shape index (κ2) is 7.95. The highest BCUT2D eigenvalue weighted by molar-refractivity contribution is 7.14. The molecule has 1 aromatic carbocycles. The van der Waals surface area contributed by atoms with Gasteiger partial charge in [0.1, 0.15) is 0 Å². The summed E-state index contributed by atoms with van der Waals surface area (Å²) in [6.07, 6.45) is 3.44. The number of nitrogens with one attached hydrogen (secondary N) is 2. The summed E-state index contributed by atoms with van der Waals surface area (Å²) in [6.45, 7) is 1.47. The van der Waals surface area contributed by atoms with Crippen LogP contribution in [0, 0.1) is 0 Å². The van der Waals surface area contributed by atoms with Gasteiger partial charge in [-0.05, 0) is 25.0 Å². The van der Waals surface area contributed by atoms with Crippen molar-refractivity contribution in [3.8, 4) is 11.3 Å². The number of nitrogens with two attached hydrogens (primary N) is 1. The zero-order chi connectivity index (χ0) is 17.2. The van der Waals surface area contributed by atoms with Crippen LogP contribution in [0.3, 0.4) is 0 Å². The van der Waals surface area contributed by atoms with Crippen LogP contribution in [-0.2, 0) is 9.59 Å². The number of halogens is 1. The number of carbonyl (C=O) groups is 2. The third-order valence-electron chi connectivity index (χ3n) is 4.17. The third-order valence-corrected chi connectivity index (χ3v) is 4.93. The van der Waals surface area contributed by atoms with E-state index in [-0.39, 0.29) is 24.2 Å². The fourth-order valence-electron chi connectivity index (χ4n) is 2.85. The van der Waals surface area contributed by atoms with Crippen molar-refractivity contribution in [2.75, 3.05) is 10.6 Å². The summed E-state index contributed by atoms with van der Waals surface area (Å²) in [4.78, 5) is 27.8. The van der Waals surface area contributed by atoms with E-state index in [4.69, 9.17) is 5.73 Å². The summed E-state index contributed by atoms with van der Waals surface area (Å²) >= 11 is 1.38. The molecule has 2 amide bonds. The molecule has 1 aliphatic rings. The molecule has 8 heteroatoms. The smallest absolute Gasteiger partial charge is 0.246 e. The lowest BCUT2D eigenvalue weighted by Gasteiger charge is -2.21. The second-order valence-corrected chi connectivity index (χ2v) is 6.97. The van der Waals surface area contributed by atoms with Crippen LogP contribution in [0.4, 0.5) is 10.8 Å². The zero-order valence-electron chi connectivity index (χ0n) is 13.9. The number of thiazole rings is 1. The topological polar surface area (TPSA) is 97.1 Å². The molecule has 3 rings (SSSR count). The van der Waals surface area contributed by atoms with Gasteiger partial charge in [0.15, 0.2) is 5.13 Å². The minimum Gasteiger partial charge on any atom is -0.326 e. The van der Waals surface area contributed by atoms with Crippen molar-refractivity contribution in [3.05, 3.63) is 29.6 Å². The molecule has 4 N–H and O–H groups in total. The van der Waals surface area contributed by atoms with Gasteiger partial charge in [-0.25, -0.2) is 4.98 Å². The Hall–Kier alpha value is -1.96. The lowest BCUT2D eigenvalue weighted by molar-refractivity contribution is -0.121. The van der Waals surface area contributed by atoms with Crippen molar-refractivity contribution >= 4 is 46.4 Å². The molecule has 2 aromatic rings. The molecule has 0 saturated heterocycles. The van der Waals surface area contributed by atoms with E-state index >= 15 is 0 Å². The fraction of sp³-hybridized carbons (Fsp3) is 0.353. The van der Waals surface area contributed by atoms with Crippen LogP contribution in [0.1, 0.15) is 32.6 Å². The number of amides is 2. The first-order chi connectivity index (χ1) is 11.5. The number of carbonyl (C=O) groups excluding carboxylic acids is 2. The standard InChI is InChI=1S/C17H20N4O2S.ClH/c1-11(22)19-13-6-4-12(5-7-13)14-10-24-16(20-14)21-15(23)17(18)8-2-3-9-17;/h4-7,10H,2-3,8-9,18H2,1H3,(H,19,22)(H,20,21,23);1H. The zero-order valence-corrected chi connectivity index (χ0v) is 15.5. The van der Waals surface area contributed by atoms with E-state index in [1.54, 1.807) is 0 Å². The number of hydrogen-bond acceptors (Lipinski definition) is 5. The van der Waals surface area contributed by atoms with Crippen LogP contribution in [0.25, 0.3) is 11.3 Å². The van der Waals surface area contributed by atoms with Gasteiger partial charge in [0.25, 0.3) is 0 Å². The van der Waals surface area contributed by atoms with E-state index in [9.17, 15) is 9.59 Å². The van der Waals surface area contributed by atoms with Crippen molar-refractivity contribution in [2.24, 2.45) is 5.73 Å². The predicted molar refractivity (Wildman–Crippen MR) is 103 cm³/mol. The first-order valence-electron chi connectivity index (χ1n) is 7.90. The van der Waals surface area contributed by atoms with Crippen LogP contribution < -0.4 is 16.4 Å². The molecular formula is C17H21ClN4O2S. The Bertz CT molecular complexity index is 754. The molecule has 0 aliphatic heterocycles. The number of aromatic nitrogens is 1. The van der Waals surface area contributed by atoms with Gasteiger partial charge in [0, 0.05) is 23.6 Å². The van der Waals surface area contributed by atoms with E-state index < -0.39 is 5.54 Å². The van der Waals surface area contributed by atoms with Crippen molar-refractivity contribution in [2.45, 2.75) is 38.1 Å². The Morgan fingerprint density at radius 2 is 1.80 bits per heavy atom. The average molecular weight is 381 g/mol. The quantitative estimate of drug-likeness (QED) is 0.757. The molecule has 0 spiro atoms. The van der Waals surface area contributed by atoms with E-state index in [0.717, 1.165) is 42.6 Å². The van der Waals surface area contributed by atoms with Gasteiger partial charge in [0.05, 0.1) is 11.2 Å². The normalized spacial score (nSPS) is 15.3. The highest BCUT2D eigenvalue weighted by Gasteiger charge is 2.37. The largest absolute Gasteiger partial charge is 0.326 e. The summed E-state index contributed by atoms with van der Waals surface area (Å²) in [5.74, 6) is -0.258. The predicted octanol–water partition coefficient (Wildman–Crippen LogP) is 3.40. The van der Waals surface area contributed by atoms with Crippen LogP contribution in [-0.4, -0.2) is 22.3 Å². The van der Waals surface area contributed by atoms with Crippen LogP contribution in [0.15, 0.2) is 29.6 Å². The Morgan fingerprint density at radius 1 is 1.16 bits per heavy atom. The number of rotatable bonds is 4. The van der Waals surface area contributed by atoms with Crippen molar-refractivity contribution < 1.29 is 9.59 Å². The first-order valence-corrected chi connectivity index (χ1v) is 8.78. The summed E-state index contributed by atoms with van der Waals surface area (Å²) in [7, 11) is 0. The lowest BCUT2D eigenvalue weighted by Crippen LogP contribution is -2.48. The average Bonchev–Trinajstić information content (AvgIpc) is 3.18. The van der Waals surface area contributed by atoms with Crippen molar-refractivity contribution in [1.82, 2.24) is 4.98 Å². The molecular weight excluding hydrogens is 360 g/mol. The van der Waals surface area contributed by atoms with Crippen molar-refractivity contribution in [1.29, 1.82) is 0 Å². The summed E-state index contributed by atoms with van der Waals surface area (Å²) in [6, 6.07) is 7.41. The highest BCUT2D eigenvalue weighted by Crippen LogP contribution is 2.30. The summed E-state index contributed by atoms with van der Waals surface area (Å²) in [5, 5.41) is 8.00. The molecule has 0 radical (unpaired) electrons. The van der Waals surface area contributed by atoms with E-state index in [0.29, 0.717) is 5.13 Å². The number of hydrogen-bond donors (Lipinski definition) is 3. The molecule has 6 nitrogen and oxygen atoms in total. The Balaban J connectivity index is 0.00000225. The van der Waals surface area contributed by atoms with Crippen LogP contribution in [0.5, 0.6) is 0 Å². The number of nitrogens with zero attached hydrogens (tertiary/aromatic N) is 1. The van der Waals surface area contributed by atoms with Crippen LogP contribution in [0.2, 0.25) is 0 Å². The molecule has 0 unspecified atom stereocenters. The van der Waals surface area contributed by atoms with Gasteiger partial charge in [-0.15, -0.1) is 23.7 Å². The molecule has 1 heterocycles. The minimum absolute atomic E-state index is 0. The second-order valence-electron chi connectivity index (χ2n) is 6.11. The monoisotopic (exact) mass is 380 g/mol. The van der Waals surface area contributed by atoms with E-state index in [2.05, 4.69) is 15.6 Å². The van der Waals surface area contributed by atoms with E-state index in [1.165, 1.54) is 18.3 Å². The fourth-order valence-corrected chi connectivity index (χ4v) is 3.56. The Kier molecular flexibility index (Phi) is 6.16. The van der Waals surface area contributed by atoms with Gasteiger partial charge in [-0.2, -0.15) is 0 Å². The minimum atomic E-state index is -0.758. The van der Waals surface area contributed by atoms with Gasteiger partial charge >= 0.3 is 0 Å². The maximum atomic E-state index is 12.3. The van der Waals surface area contributed by atoms with Gasteiger partial charge in [0.2, 0.25) is 11.8 Å². The maximum Gasteiger partial charge on any atom is 0.246 e. The molecule has 0 atom stereocenters. The molecule has 1 saturated carbocycles. The molecule has 1 aliphatic carbocycles. The SMILES string of the molecule is CC(=O)Nc1ccc(-c2csc(NC(=O)C3(N)CCCC3)n2)cc1.Cl. The molecule has 1 aromatic heterocycles. The number of benzene rings is 1. The van der Waals surface area contributed by atoms with Crippen molar-refractivity contribution in [3.63, 3.8) is 0 Å². The Morgan fingerprint density at radius 3 is 2.40 bits per heavy atom. The maximum absolute atomic E-state index is 12.3. The van der Waals surface area contributed by atoms with Gasteiger partial charge in [-0.1, -0.05) is 25.0 Å². The van der Waals surface area contributed by atoms with Gasteiger partial charge < -0.3 is 16.4 Å². The summed E-state index contributed by atoms with van der Waals surface area (Å²) < 4.78 is 0. The molecule has 1 fully saturated rings. The van der Waals surface area contributed by atoms with E-state index in [1.807, 2.05) is 29.6 Å². The van der Waals surface area contributed by atoms with Gasteiger partial charge in [-0.3, -0.25) is 9.59 Å². The Labute approximate surface area is 156 Å². The summed E-state index contributed by atoms with van der Waals surface area (Å²) in [5.41, 5.74) is 7.83. The highest BCUT2D eigenvalue weighted by atomic mass is 35.5. The molecule has 134 valence electrons. The number of anilines is 2.